The van der Waals surface area contributed by atoms with Crippen LogP contribution in [0, 0.1) is 0 Å². The van der Waals surface area contributed by atoms with Crippen LogP contribution in [0.2, 0.25) is 0 Å². The first-order valence-corrected chi connectivity index (χ1v) is 9.10. The molecule has 0 bridgehead atoms. The van der Waals surface area contributed by atoms with Gasteiger partial charge < -0.3 is 9.72 Å². The molecule has 0 aliphatic heterocycles. The van der Waals surface area contributed by atoms with Gasteiger partial charge in [0, 0.05) is 23.5 Å². The van der Waals surface area contributed by atoms with E-state index < -0.39 is 0 Å². The van der Waals surface area contributed by atoms with Crippen molar-refractivity contribution in [3.05, 3.63) is 71.7 Å². The monoisotopic (exact) mass is 375 g/mol. The molecule has 0 aliphatic carbocycles. The van der Waals surface area contributed by atoms with Crippen molar-refractivity contribution in [2.24, 2.45) is 0 Å². The van der Waals surface area contributed by atoms with Gasteiger partial charge in [-0.1, -0.05) is 30.3 Å². The minimum absolute atomic E-state index is 0.148. The molecule has 2 heterocycles. The van der Waals surface area contributed by atoms with Gasteiger partial charge in [-0.3, -0.25) is 15.2 Å². The van der Waals surface area contributed by atoms with Crippen molar-refractivity contribution < 1.29 is 9.53 Å². The van der Waals surface area contributed by atoms with Crippen molar-refractivity contribution in [3.63, 3.8) is 0 Å². The number of para-hydroxylation sites is 1. The van der Waals surface area contributed by atoms with Gasteiger partial charge in [-0.2, -0.15) is 4.98 Å². The predicted molar refractivity (Wildman–Crippen MR) is 107 cm³/mol. The highest BCUT2D eigenvalue weighted by molar-refractivity contribution is 5.94. The molecule has 142 valence electrons. The van der Waals surface area contributed by atoms with Crippen LogP contribution in [0.5, 0.6) is 5.75 Å². The molecule has 7 nitrogen and oxygen atoms in total. The van der Waals surface area contributed by atoms with Gasteiger partial charge in [-0.15, -0.1) is 5.10 Å². The van der Waals surface area contributed by atoms with Crippen LogP contribution in [-0.2, 0) is 24.1 Å². The molecule has 4 rings (SSSR count). The number of carbonyl (C=O) groups is 1. The van der Waals surface area contributed by atoms with Gasteiger partial charge in [0.2, 0.25) is 11.9 Å². The summed E-state index contributed by atoms with van der Waals surface area (Å²) in [6.45, 7) is 0. The number of nitrogens with one attached hydrogen (secondary N) is 3. The Morgan fingerprint density at radius 2 is 1.93 bits per heavy atom. The van der Waals surface area contributed by atoms with E-state index in [0.717, 1.165) is 34.5 Å². The molecule has 0 fully saturated rings. The maximum Gasteiger partial charge on any atom is 0.248 e. The summed E-state index contributed by atoms with van der Waals surface area (Å²) in [5, 5.41) is 10.8. The van der Waals surface area contributed by atoms with Crippen molar-refractivity contribution in [2.75, 3.05) is 12.4 Å². The molecule has 1 amide bonds. The molecular weight excluding hydrogens is 354 g/mol. The lowest BCUT2D eigenvalue weighted by Crippen LogP contribution is -2.15. The fraction of sp³-hybridized carbons (Fsp3) is 0.190. The van der Waals surface area contributed by atoms with Crippen LogP contribution in [0.25, 0.3) is 10.9 Å². The Morgan fingerprint density at radius 1 is 1.11 bits per heavy atom. The lowest BCUT2D eigenvalue weighted by molar-refractivity contribution is -0.115. The molecule has 0 atom stereocenters. The molecule has 4 aromatic rings. The fourth-order valence-electron chi connectivity index (χ4n) is 3.14. The maximum absolute atomic E-state index is 12.3. The Hall–Kier alpha value is -3.61. The topological polar surface area (TPSA) is 95.7 Å². The number of H-pyrrole nitrogens is 2. The Morgan fingerprint density at radius 3 is 2.75 bits per heavy atom. The third-order valence-corrected chi connectivity index (χ3v) is 4.62. The number of fused-ring (bicyclic) bond motifs is 1. The number of hydrogen-bond donors (Lipinski definition) is 3. The van der Waals surface area contributed by atoms with Crippen molar-refractivity contribution >= 4 is 22.8 Å². The van der Waals surface area contributed by atoms with Crippen molar-refractivity contribution in [1.29, 1.82) is 0 Å². The van der Waals surface area contributed by atoms with Crippen molar-refractivity contribution in [2.45, 2.75) is 19.3 Å². The zero-order chi connectivity index (χ0) is 19.3. The molecule has 0 unspecified atom stereocenters. The van der Waals surface area contributed by atoms with E-state index in [1.807, 2.05) is 54.7 Å². The molecule has 0 saturated carbocycles. The summed E-state index contributed by atoms with van der Waals surface area (Å²) >= 11 is 0. The van der Waals surface area contributed by atoms with Crippen molar-refractivity contribution in [3.8, 4) is 5.75 Å². The van der Waals surface area contributed by atoms with E-state index in [0.29, 0.717) is 12.4 Å². The summed E-state index contributed by atoms with van der Waals surface area (Å²) in [5.74, 6) is 1.72. The zero-order valence-electron chi connectivity index (χ0n) is 15.5. The molecule has 2 aromatic heterocycles. The minimum Gasteiger partial charge on any atom is -0.497 e. The molecule has 2 aromatic carbocycles. The van der Waals surface area contributed by atoms with Crippen LogP contribution in [-0.4, -0.2) is 33.2 Å². The number of rotatable bonds is 7. The first-order chi connectivity index (χ1) is 13.7. The van der Waals surface area contributed by atoms with Crippen LogP contribution in [0.3, 0.4) is 0 Å². The average molecular weight is 375 g/mol. The van der Waals surface area contributed by atoms with Crippen LogP contribution in [0.15, 0.2) is 54.7 Å². The van der Waals surface area contributed by atoms with E-state index >= 15 is 0 Å². The molecule has 3 N–H and O–H groups in total. The number of carbonyl (C=O) groups excluding carboxylic acids is 1. The quantitative estimate of drug-likeness (QED) is 0.462. The Balaban J connectivity index is 1.33. The van der Waals surface area contributed by atoms with Gasteiger partial charge >= 0.3 is 0 Å². The van der Waals surface area contributed by atoms with Crippen LogP contribution in [0.4, 0.5) is 5.95 Å². The highest BCUT2D eigenvalue weighted by Gasteiger charge is 2.11. The third kappa shape index (κ3) is 4.03. The van der Waals surface area contributed by atoms with Crippen molar-refractivity contribution in [1.82, 2.24) is 20.2 Å². The summed E-state index contributed by atoms with van der Waals surface area (Å²) in [6.07, 6.45) is 3.65. The predicted octanol–water partition coefficient (Wildman–Crippen LogP) is 3.26. The highest BCUT2D eigenvalue weighted by Crippen LogP contribution is 2.18. The summed E-state index contributed by atoms with van der Waals surface area (Å²) in [5.41, 5.74) is 3.15. The molecule has 0 spiro atoms. The smallest absolute Gasteiger partial charge is 0.248 e. The molecule has 0 radical (unpaired) electrons. The largest absolute Gasteiger partial charge is 0.497 e. The Labute approximate surface area is 162 Å². The first kappa shape index (κ1) is 17.8. The first-order valence-electron chi connectivity index (χ1n) is 9.10. The second-order valence-corrected chi connectivity index (χ2v) is 6.54. The highest BCUT2D eigenvalue weighted by atomic mass is 16.5. The number of nitrogens with zero attached hydrogens (tertiary/aromatic N) is 2. The summed E-state index contributed by atoms with van der Waals surface area (Å²) in [7, 11) is 1.65. The number of benzene rings is 2. The summed E-state index contributed by atoms with van der Waals surface area (Å²) in [4.78, 5) is 19.9. The average Bonchev–Trinajstić information content (AvgIpc) is 3.34. The van der Waals surface area contributed by atoms with Crippen LogP contribution < -0.4 is 10.1 Å². The van der Waals surface area contributed by atoms with E-state index in [1.165, 1.54) is 5.56 Å². The van der Waals surface area contributed by atoms with E-state index in [4.69, 9.17) is 4.74 Å². The molecular formula is C21H21N5O2. The Kier molecular flexibility index (Phi) is 5.05. The third-order valence-electron chi connectivity index (χ3n) is 4.62. The number of hydrogen-bond acceptors (Lipinski definition) is 4. The molecule has 0 aliphatic rings. The lowest BCUT2D eigenvalue weighted by atomic mass is 10.1. The molecule has 7 heteroatoms. The second-order valence-electron chi connectivity index (χ2n) is 6.54. The molecule has 28 heavy (non-hydrogen) atoms. The summed E-state index contributed by atoms with van der Waals surface area (Å²) < 4.78 is 5.16. The number of amides is 1. The number of methoxy groups -OCH3 is 1. The standard InChI is InChI=1S/C21H21N5O2/c1-28-16-9-6-14(7-10-16)8-11-19-23-21(26-25-19)24-20(27)12-15-13-22-18-5-3-2-4-17(15)18/h2-7,9-10,13,22H,8,11-12H2,1H3,(H2,23,24,25,26,27). The number of anilines is 1. The van der Waals surface area contributed by atoms with Gasteiger partial charge in [0.05, 0.1) is 13.5 Å². The molecule has 0 saturated heterocycles. The number of aryl methyl sites for hydroxylation is 2. The Bertz CT molecular complexity index is 1080. The van der Waals surface area contributed by atoms with Gasteiger partial charge in [0.25, 0.3) is 0 Å². The number of aromatic nitrogens is 4. The number of ether oxygens (including phenoxy) is 1. The summed E-state index contributed by atoms with van der Waals surface area (Å²) in [6, 6.07) is 15.8. The van der Waals surface area contributed by atoms with E-state index in [1.54, 1.807) is 7.11 Å². The van der Waals surface area contributed by atoms with E-state index in [-0.39, 0.29) is 12.3 Å². The van der Waals surface area contributed by atoms with E-state index in [2.05, 4.69) is 25.5 Å². The van der Waals surface area contributed by atoms with Gasteiger partial charge in [0.15, 0.2) is 0 Å². The maximum atomic E-state index is 12.3. The van der Waals surface area contributed by atoms with E-state index in [9.17, 15) is 4.79 Å². The van der Waals surface area contributed by atoms with Gasteiger partial charge in [0.1, 0.15) is 11.6 Å². The SMILES string of the molecule is COc1ccc(CCc2nc(NC(=O)Cc3c[nH]c4ccccc34)n[nH]2)cc1. The van der Waals surface area contributed by atoms with Gasteiger partial charge in [-0.05, 0) is 35.7 Å². The number of aromatic amines is 2. The lowest BCUT2D eigenvalue weighted by Gasteiger charge is -2.02. The zero-order valence-corrected chi connectivity index (χ0v) is 15.5. The van der Waals surface area contributed by atoms with Gasteiger partial charge in [-0.25, -0.2) is 0 Å². The van der Waals surface area contributed by atoms with Crippen LogP contribution in [0.1, 0.15) is 17.0 Å². The second kappa shape index (κ2) is 7.96. The normalized spacial score (nSPS) is 10.9. The van der Waals surface area contributed by atoms with Crippen LogP contribution >= 0.6 is 0 Å². The fourth-order valence-corrected chi connectivity index (χ4v) is 3.14. The minimum atomic E-state index is -0.148.